The van der Waals surface area contributed by atoms with Crippen molar-refractivity contribution >= 4 is 0 Å². The Balaban J connectivity index is 0.000001000. The molecule has 3 N–H and O–H groups in total. The predicted octanol–water partition coefficient (Wildman–Crippen LogP) is 2.21. The Labute approximate surface area is 109 Å². The molecule has 1 aliphatic heterocycles. The average Bonchev–Trinajstić information content (AvgIpc) is 2.39. The van der Waals surface area contributed by atoms with Crippen LogP contribution in [-0.4, -0.2) is 18.1 Å². The fraction of sp³-hybridized carbons (Fsp3) is 0.625. The van der Waals surface area contributed by atoms with Gasteiger partial charge in [0.15, 0.2) is 0 Å². The summed E-state index contributed by atoms with van der Waals surface area (Å²) in [6.45, 7) is 1.23. The van der Waals surface area contributed by atoms with Crippen molar-refractivity contribution in [3.63, 3.8) is 0 Å². The molecular weight excluding hydrogens is 222 g/mol. The number of hydrogen-bond donors (Lipinski definition) is 1. The summed E-state index contributed by atoms with van der Waals surface area (Å²) >= 11 is 0. The Bertz CT molecular complexity index is 440. The van der Waals surface area contributed by atoms with Crippen molar-refractivity contribution in [3.8, 4) is 0 Å². The van der Waals surface area contributed by atoms with E-state index in [1.54, 1.807) is 11.1 Å². The number of hydrogen-bond acceptors (Lipinski definition) is 1. The fourth-order valence-corrected chi connectivity index (χ4v) is 4.89. The van der Waals surface area contributed by atoms with Gasteiger partial charge >= 0.3 is 0 Å². The molecule has 98 valence electrons. The Morgan fingerprint density at radius 1 is 1.11 bits per heavy atom. The highest BCUT2D eigenvalue weighted by atomic mass is 16.0. The van der Waals surface area contributed by atoms with E-state index in [0.29, 0.717) is 5.41 Å². The molecule has 2 fully saturated rings. The van der Waals surface area contributed by atoms with Gasteiger partial charge in [0.2, 0.25) is 0 Å². The first-order valence-corrected chi connectivity index (χ1v) is 7.22. The third kappa shape index (κ3) is 1.49. The Kier molecular flexibility index (Phi) is 2.95. The molecule has 0 aromatic heterocycles. The molecule has 3 atom stereocenters. The van der Waals surface area contributed by atoms with Gasteiger partial charge in [0.1, 0.15) is 0 Å². The van der Waals surface area contributed by atoms with Gasteiger partial charge < -0.3 is 10.8 Å². The molecule has 0 unspecified atom stereocenters. The van der Waals surface area contributed by atoms with Crippen LogP contribution in [0.1, 0.15) is 43.2 Å². The van der Waals surface area contributed by atoms with Crippen LogP contribution < -0.4 is 5.32 Å². The lowest BCUT2D eigenvalue weighted by Gasteiger charge is -2.56. The molecule has 1 aromatic carbocycles. The minimum absolute atomic E-state index is 0. The number of piperidine rings is 1. The van der Waals surface area contributed by atoms with E-state index in [4.69, 9.17) is 0 Å². The highest BCUT2D eigenvalue weighted by Crippen LogP contribution is 2.53. The Hall–Kier alpha value is -0.860. The van der Waals surface area contributed by atoms with Gasteiger partial charge in [-0.1, -0.05) is 37.1 Å². The number of nitrogens with one attached hydrogen (secondary N) is 1. The van der Waals surface area contributed by atoms with Gasteiger partial charge in [0.05, 0.1) is 0 Å². The zero-order chi connectivity index (χ0) is 11.3. The standard InChI is InChI=1S/C16H21N.H2O/c1-2-6-13-12(5-1)11-15-14-7-3-4-8-16(13,14)9-10-17-15;/h1-2,5-6,14-15,17H,3-4,7-11H2;1H2/t14-,15+,16-;/m0./s1. The molecule has 1 saturated carbocycles. The summed E-state index contributed by atoms with van der Waals surface area (Å²) in [7, 11) is 0. The van der Waals surface area contributed by atoms with Crippen molar-refractivity contribution < 1.29 is 5.48 Å². The maximum absolute atomic E-state index is 3.79. The van der Waals surface area contributed by atoms with Crippen LogP contribution in [0.3, 0.4) is 0 Å². The van der Waals surface area contributed by atoms with Crippen LogP contribution in [0.5, 0.6) is 0 Å². The minimum atomic E-state index is 0. The van der Waals surface area contributed by atoms with Crippen molar-refractivity contribution in [2.75, 3.05) is 6.54 Å². The monoisotopic (exact) mass is 245 g/mol. The maximum atomic E-state index is 3.79. The van der Waals surface area contributed by atoms with E-state index >= 15 is 0 Å². The molecule has 2 heteroatoms. The number of rotatable bonds is 0. The van der Waals surface area contributed by atoms with Gasteiger partial charge in [-0.3, -0.25) is 0 Å². The predicted molar refractivity (Wildman–Crippen MR) is 73.8 cm³/mol. The normalized spacial score (nSPS) is 37.1. The molecule has 0 spiro atoms. The first-order valence-electron chi connectivity index (χ1n) is 7.22. The quantitative estimate of drug-likeness (QED) is 0.748. The highest BCUT2D eigenvalue weighted by Gasteiger charge is 2.51. The van der Waals surface area contributed by atoms with Gasteiger partial charge in [-0.2, -0.15) is 0 Å². The summed E-state index contributed by atoms with van der Waals surface area (Å²) in [4.78, 5) is 0. The lowest BCUT2D eigenvalue weighted by atomic mass is 9.53. The van der Waals surface area contributed by atoms with Crippen molar-refractivity contribution in [2.24, 2.45) is 5.92 Å². The van der Waals surface area contributed by atoms with Crippen molar-refractivity contribution in [1.82, 2.24) is 5.32 Å². The summed E-state index contributed by atoms with van der Waals surface area (Å²) in [5.41, 5.74) is 3.88. The zero-order valence-electron chi connectivity index (χ0n) is 10.9. The fourth-order valence-electron chi connectivity index (χ4n) is 4.89. The van der Waals surface area contributed by atoms with E-state index in [0.717, 1.165) is 12.0 Å². The van der Waals surface area contributed by atoms with E-state index in [9.17, 15) is 0 Å². The van der Waals surface area contributed by atoms with Crippen LogP contribution in [0.4, 0.5) is 0 Å². The SMILES string of the molecule is O.c1ccc2c(c1)C[C@H]1NCC[C@@]23CCCC[C@@H]13. The number of fused-ring (bicyclic) bond motifs is 1. The van der Waals surface area contributed by atoms with Crippen LogP contribution in [0.15, 0.2) is 24.3 Å². The second-order valence-corrected chi connectivity index (χ2v) is 6.18. The molecular formula is C16H23NO. The van der Waals surface area contributed by atoms with E-state index < -0.39 is 0 Å². The highest BCUT2D eigenvalue weighted by molar-refractivity contribution is 5.41. The van der Waals surface area contributed by atoms with Crippen molar-refractivity contribution in [3.05, 3.63) is 35.4 Å². The van der Waals surface area contributed by atoms with E-state index in [1.165, 1.54) is 45.1 Å². The smallest absolute Gasteiger partial charge is 0.0144 e. The van der Waals surface area contributed by atoms with Gasteiger partial charge in [-0.15, -0.1) is 0 Å². The second-order valence-electron chi connectivity index (χ2n) is 6.18. The molecule has 2 aliphatic carbocycles. The van der Waals surface area contributed by atoms with Crippen molar-refractivity contribution in [2.45, 2.75) is 50.0 Å². The van der Waals surface area contributed by atoms with E-state index in [-0.39, 0.29) is 5.48 Å². The van der Waals surface area contributed by atoms with Crippen LogP contribution in [0, 0.1) is 5.92 Å². The van der Waals surface area contributed by atoms with Gasteiger partial charge in [-0.25, -0.2) is 0 Å². The molecule has 4 rings (SSSR count). The first-order chi connectivity index (χ1) is 8.40. The third-order valence-corrected chi connectivity index (χ3v) is 5.55. The second kappa shape index (κ2) is 4.36. The number of benzene rings is 1. The summed E-state index contributed by atoms with van der Waals surface area (Å²) in [5, 5.41) is 3.79. The van der Waals surface area contributed by atoms with E-state index in [1.807, 2.05) is 0 Å². The molecule has 1 aromatic rings. The molecule has 0 radical (unpaired) electrons. The minimum Gasteiger partial charge on any atom is -0.412 e. The molecule has 0 amide bonds. The van der Waals surface area contributed by atoms with Crippen molar-refractivity contribution in [1.29, 1.82) is 0 Å². The molecule has 3 aliphatic rings. The third-order valence-electron chi connectivity index (χ3n) is 5.55. The molecule has 18 heavy (non-hydrogen) atoms. The summed E-state index contributed by atoms with van der Waals surface area (Å²) < 4.78 is 0. The van der Waals surface area contributed by atoms with Crippen LogP contribution in [-0.2, 0) is 11.8 Å². The maximum Gasteiger partial charge on any atom is 0.0144 e. The first kappa shape index (κ1) is 12.2. The lowest BCUT2D eigenvalue weighted by Crippen LogP contribution is -2.59. The van der Waals surface area contributed by atoms with Crippen LogP contribution >= 0.6 is 0 Å². The molecule has 1 heterocycles. The summed E-state index contributed by atoms with van der Waals surface area (Å²) in [5.74, 6) is 0.917. The van der Waals surface area contributed by atoms with Gasteiger partial charge in [0, 0.05) is 11.5 Å². The van der Waals surface area contributed by atoms with Crippen LogP contribution in [0.2, 0.25) is 0 Å². The van der Waals surface area contributed by atoms with Gasteiger partial charge in [-0.05, 0) is 49.3 Å². The topological polar surface area (TPSA) is 43.5 Å². The molecule has 2 bridgehead atoms. The average molecular weight is 245 g/mol. The molecule has 2 nitrogen and oxygen atoms in total. The van der Waals surface area contributed by atoms with E-state index in [2.05, 4.69) is 29.6 Å². The zero-order valence-corrected chi connectivity index (χ0v) is 10.9. The Morgan fingerprint density at radius 2 is 2.00 bits per heavy atom. The van der Waals surface area contributed by atoms with Gasteiger partial charge in [0.25, 0.3) is 0 Å². The lowest BCUT2D eigenvalue weighted by molar-refractivity contribution is 0.0798. The largest absolute Gasteiger partial charge is 0.412 e. The molecule has 1 saturated heterocycles. The summed E-state index contributed by atoms with van der Waals surface area (Å²) in [6.07, 6.45) is 8.41. The Morgan fingerprint density at radius 3 is 2.94 bits per heavy atom. The summed E-state index contributed by atoms with van der Waals surface area (Å²) in [6, 6.07) is 10.0. The van der Waals surface area contributed by atoms with Crippen LogP contribution in [0.25, 0.3) is 0 Å².